The maximum Gasteiger partial charge on any atom is 0.420 e. The standard InChI is InChI=1S/C8H3ClF6O3S/c9-19(17,18)4-2-1-3(7(10,11)12)5(6(4)16)8(13,14)15/h1-2,16H. The quantitative estimate of drug-likeness (QED) is 0.635. The highest BCUT2D eigenvalue weighted by Gasteiger charge is 2.46. The van der Waals surface area contributed by atoms with E-state index in [0.29, 0.717) is 0 Å². The lowest BCUT2D eigenvalue weighted by molar-refractivity contribution is -0.163. The third-order valence-electron chi connectivity index (χ3n) is 1.99. The number of benzene rings is 1. The molecule has 0 aliphatic rings. The normalized spacial score (nSPS) is 13.6. The van der Waals surface area contributed by atoms with Crippen LogP contribution in [0.25, 0.3) is 0 Å². The average molecular weight is 329 g/mol. The number of hydrogen-bond donors (Lipinski definition) is 1. The molecule has 1 rings (SSSR count). The summed E-state index contributed by atoms with van der Waals surface area (Å²) >= 11 is 0. The van der Waals surface area contributed by atoms with E-state index in [1.165, 1.54) is 0 Å². The minimum Gasteiger partial charge on any atom is -0.506 e. The number of aromatic hydroxyl groups is 1. The van der Waals surface area contributed by atoms with Crippen LogP contribution in [0.4, 0.5) is 26.3 Å². The number of phenols is 1. The fourth-order valence-corrected chi connectivity index (χ4v) is 2.23. The van der Waals surface area contributed by atoms with Gasteiger partial charge < -0.3 is 5.11 Å². The van der Waals surface area contributed by atoms with Crippen LogP contribution < -0.4 is 0 Å². The van der Waals surface area contributed by atoms with Gasteiger partial charge in [-0.25, -0.2) is 8.42 Å². The highest BCUT2D eigenvalue weighted by molar-refractivity contribution is 8.13. The molecule has 0 aromatic heterocycles. The van der Waals surface area contributed by atoms with E-state index in [2.05, 4.69) is 0 Å². The predicted octanol–water partition coefficient (Wildman–Crippen LogP) is 3.36. The topological polar surface area (TPSA) is 54.4 Å². The Morgan fingerprint density at radius 1 is 1.00 bits per heavy atom. The van der Waals surface area contributed by atoms with Gasteiger partial charge in [-0.15, -0.1) is 0 Å². The predicted molar refractivity (Wildman–Crippen MR) is 51.1 cm³/mol. The summed E-state index contributed by atoms with van der Waals surface area (Å²) in [5.41, 5.74) is -4.71. The summed E-state index contributed by atoms with van der Waals surface area (Å²) in [6.45, 7) is 0. The van der Waals surface area contributed by atoms with Gasteiger partial charge in [0.15, 0.2) is 0 Å². The molecule has 0 saturated heterocycles. The molecule has 0 aliphatic heterocycles. The summed E-state index contributed by atoms with van der Waals surface area (Å²) in [6, 6.07) is 0.0353. The van der Waals surface area contributed by atoms with Gasteiger partial charge in [-0.3, -0.25) is 0 Å². The molecule has 0 radical (unpaired) electrons. The zero-order valence-electron chi connectivity index (χ0n) is 8.47. The van der Waals surface area contributed by atoms with E-state index in [4.69, 9.17) is 15.8 Å². The molecule has 1 aromatic rings. The van der Waals surface area contributed by atoms with Crippen molar-refractivity contribution in [3.05, 3.63) is 23.3 Å². The first-order chi connectivity index (χ1) is 8.26. The van der Waals surface area contributed by atoms with Crippen molar-refractivity contribution < 1.29 is 39.9 Å². The first-order valence-electron chi connectivity index (χ1n) is 4.21. The van der Waals surface area contributed by atoms with E-state index < -0.39 is 43.2 Å². The molecular weight excluding hydrogens is 326 g/mol. The number of phenolic OH excluding ortho intramolecular Hbond substituents is 1. The molecule has 0 amide bonds. The van der Waals surface area contributed by atoms with Crippen LogP contribution in [0.1, 0.15) is 11.1 Å². The van der Waals surface area contributed by atoms with Gasteiger partial charge in [-0.2, -0.15) is 26.3 Å². The SMILES string of the molecule is O=S(=O)(Cl)c1ccc(C(F)(F)F)c(C(F)(F)F)c1O. The fourth-order valence-electron chi connectivity index (χ4n) is 1.29. The molecular formula is C8H3ClF6O3S. The van der Waals surface area contributed by atoms with Gasteiger partial charge >= 0.3 is 12.4 Å². The van der Waals surface area contributed by atoms with E-state index in [-0.39, 0.29) is 12.1 Å². The Morgan fingerprint density at radius 2 is 1.47 bits per heavy atom. The molecule has 0 unspecified atom stereocenters. The molecule has 0 saturated carbocycles. The van der Waals surface area contributed by atoms with E-state index in [0.717, 1.165) is 0 Å². The van der Waals surface area contributed by atoms with Gasteiger partial charge in [0.1, 0.15) is 16.2 Å². The third kappa shape index (κ3) is 3.24. The maximum atomic E-state index is 12.5. The van der Waals surface area contributed by atoms with Crippen molar-refractivity contribution in [3.63, 3.8) is 0 Å². The molecule has 1 aromatic carbocycles. The largest absolute Gasteiger partial charge is 0.506 e. The van der Waals surface area contributed by atoms with Crippen LogP contribution in [0.5, 0.6) is 5.75 Å². The molecule has 11 heteroatoms. The summed E-state index contributed by atoms with van der Waals surface area (Å²) in [4.78, 5) is -1.45. The van der Waals surface area contributed by atoms with Crippen molar-refractivity contribution in [2.45, 2.75) is 17.2 Å². The minimum absolute atomic E-state index is 0.113. The van der Waals surface area contributed by atoms with Crippen molar-refractivity contribution in [1.29, 1.82) is 0 Å². The lowest BCUT2D eigenvalue weighted by atomic mass is 10.1. The van der Waals surface area contributed by atoms with Crippen LogP contribution in [0.2, 0.25) is 0 Å². The van der Waals surface area contributed by atoms with Crippen molar-refractivity contribution in [2.75, 3.05) is 0 Å². The molecule has 19 heavy (non-hydrogen) atoms. The summed E-state index contributed by atoms with van der Waals surface area (Å²) in [5, 5.41) is 9.12. The Balaban J connectivity index is 3.81. The van der Waals surface area contributed by atoms with Gasteiger partial charge in [0, 0.05) is 10.7 Å². The number of alkyl halides is 6. The van der Waals surface area contributed by atoms with Crippen molar-refractivity contribution >= 4 is 19.7 Å². The Bertz CT molecular complexity index is 604. The second-order valence-corrected chi connectivity index (χ2v) is 5.80. The van der Waals surface area contributed by atoms with E-state index in [9.17, 15) is 34.8 Å². The summed E-state index contributed by atoms with van der Waals surface area (Å²) in [7, 11) is -0.108. The zero-order chi connectivity index (χ0) is 15.2. The van der Waals surface area contributed by atoms with Crippen molar-refractivity contribution in [2.24, 2.45) is 0 Å². The molecule has 0 fully saturated rings. The molecule has 0 heterocycles. The molecule has 0 atom stereocenters. The number of hydrogen-bond acceptors (Lipinski definition) is 3. The summed E-state index contributed by atoms with van der Waals surface area (Å²) in [5.74, 6) is -2.09. The molecule has 1 N–H and O–H groups in total. The Hall–Kier alpha value is -1.16. The third-order valence-corrected chi connectivity index (χ3v) is 3.35. The minimum atomic E-state index is -5.60. The molecule has 108 valence electrons. The van der Waals surface area contributed by atoms with Gasteiger partial charge in [0.25, 0.3) is 9.05 Å². The number of rotatable bonds is 1. The smallest absolute Gasteiger partial charge is 0.420 e. The molecule has 0 aliphatic carbocycles. The number of halogens is 7. The van der Waals surface area contributed by atoms with Crippen LogP contribution in [0.3, 0.4) is 0 Å². The summed E-state index contributed by atoms with van der Waals surface area (Å²) in [6.07, 6.45) is -11.0. The average Bonchev–Trinajstić information content (AvgIpc) is 2.11. The van der Waals surface area contributed by atoms with E-state index in [1.54, 1.807) is 0 Å². The van der Waals surface area contributed by atoms with Crippen LogP contribution >= 0.6 is 10.7 Å². The lowest BCUT2D eigenvalue weighted by Gasteiger charge is -2.17. The second kappa shape index (κ2) is 4.44. The van der Waals surface area contributed by atoms with Gasteiger partial charge in [-0.05, 0) is 12.1 Å². The molecule has 3 nitrogen and oxygen atoms in total. The van der Waals surface area contributed by atoms with E-state index in [1.807, 2.05) is 0 Å². The lowest BCUT2D eigenvalue weighted by Crippen LogP contribution is -2.17. The first-order valence-corrected chi connectivity index (χ1v) is 6.52. The Labute approximate surface area is 106 Å². The first kappa shape index (κ1) is 15.9. The van der Waals surface area contributed by atoms with Crippen LogP contribution in [0, 0.1) is 0 Å². The van der Waals surface area contributed by atoms with Gasteiger partial charge in [0.2, 0.25) is 0 Å². The van der Waals surface area contributed by atoms with Crippen LogP contribution in [-0.2, 0) is 21.4 Å². The maximum absolute atomic E-state index is 12.5. The van der Waals surface area contributed by atoms with Gasteiger partial charge in [0.05, 0.1) is 5.56 Å². The zero-order valence-corrected chi connectivity index (χ0v) is 10.0. The highest BCUT2D eigenvalue weighted by atomic mass is 35.7. The van der Waals surface area contributed by atoms with Crippen molar-refractivity contribution in [3.8, 4) is 5.75 Å². The fraction of sp³-hybridized carbons (Fsp3) is 0.250. The molecule has 0 bridgehead atoms. The van der Waals surface area contributed by atoms with Crippen molar-refractivity contribution in [1.82, 2.24) is 0 Å². The second-order valence-electron chi connectivity index (χ2n) is 3.27. The Morgan fingerprint density at radius 3 is 1.79 bits per heavy atom. The Kier molecular flexibility index (Phi) is 3.72. The van der Waals surface area contributed by atoms with Crippen LogP contribution in [0.15, 0.2) is 17.0 Å². The molecule has 0 spiro atoms. The van der Waals surface area contributed by atoms with E-state index >= 15 is 0 Å². The van der Waals surface area contributed by atoms with Crippen LogP contribution in [-0.4, -0.2) is 13.5 Å². The van der Waals surface area contributed by atoms with Gasteiger partial charge in [-0.1, -0.05) is 0 Å². The highest BCUT2D eigenvalue weighted by Crippen LogP contribution is 2.47. The monoisotopic (exact) mass is 328 g/mol. The summed E-state index contributed by atoms with van der Waals surface area (Å²) < 4.78 is 96.4.